The second kappa shape index (κ2) is 7.09. The van der Waals surface area contributed by atoms with Gasteiger partial charge in [0, 0.05) is 23.3 Å². The molecule has 0 aliphatic carbocycles. The Morgan fingerprint density at radius 2 is 2.15 bits per heavy atom. The van der Waals surface area contributed by atoms with Crippen LogP contribution in [0.5, 0.6) is 5.75 Å². The van der Waals surface area contributed by atoms with E-state index in [1.54, 1.807) is 13.3 Å². The van der Waals surface area contributed by atoms with Gasteiger partial charge >= 0.3 is 0 Å². The fourth-order valence-corrected chi connectivity index (χ4v) is 1.96. The van der Waals surface area contributed by atoms with Crippen LogP contribution in [0.25, 0.3) is 0 Å². The van der Waals surface area contributed by atoms with E-state index < -0.39 is 0 Å². The van der Waals surface area contributed by atoms with Crippen molar-refractivity contribution in [3.63, 3.8) is 0 Å². The Hall–Kier alpha value is -1.82. The van der Waals surface area contributed by atoms with Crippen molar-refractivity contribution in [2.75, 3.05) is 24.3 Å². The number of aromatic nitrogens is 2. The highest BCUT2D eigenvalue weighted by atomic mass is 79.9. The molecule has 20 heavy (non-hydrogen) atoms. The molecule has 1 aromatic carbocycles. The summed E-state index contributed by atoms with van der Waals surface area (Å²) in [4.78, 5) is 8.58. The number of anilines is 3. The molecule has 0 amide bonds. The molecule has 0 saturated heterocycles. The van der Waals surface area contributed by atoms with Crippen LogP contribution in [0.1, 0.15) is 13.3 Å². The molecule has 0 saturated carbocycles. The Balaban J connectivity index is 2.17. The lowest BCUT2D eigenvalue weighted by Gasteiger charge is -2.10. The maximum Gasteiger partial charge on any atom is 0.224 e. The van der Waals surface area contributed by atoms with Crippen LogP contribution in [0, 0.1) is 0 Å². The van der Waals surface area contributed by atoms with E-state index in [1.165, 1.54) is 0 Å². The van der Waals surface area contributed by atoms with E-state index in [2.05, 4.69) is 43.5 Å². The Morgan fingerprint density at radius 3 is 2.90 bits per heavy atom. The van der Waals surface area contributed by atoms with Crippen LogP contribution in [0.4, 0.5) is 17.5 Å². The number of hydrogen-bond donors (Lipinski definition) is 2. The average molecular weight is 337 g/mol. The summed E-state index contributed by atoms with van der Waals surface area (Å²) in [5.41, 5.74) is 0.893. The molecular weight excluding hydrogens is 320 g/mol. The molecule has 2 rings (SSSR count). The first-order valence-electron chi connectivity index (χ1n) is 6.40. The van der Waals surface area contributed by atoms with Crippen LogP contribution in [-0.4, -0.2) is 23.6 Å². The summed E-state index contributed by atoms with van der Waals surface area (Å²) in [5, 5.41) is 6.40. The maximum absolute atomic E-state index is 5.22. The van der Waals surface area contributed by atoms with E-state index >= 15 is 0 Å². The Morgan fingerprint density at radius 1 is 1.30 bits per heavy atom. The van der Waals surface area contributed by atoms with Gasteiger partial charge in [-0.05, 0) is 40.5 Å². The SMILES string of the molecule is CCCNc1nccc(Nc2cc(OC)ccc2Br)n1. The van der Waals surface area contributed by atoms with Gasteiger partial charge < -0.3 is 15.4 Å². The molecule has 0 atom stereocenters. The first kappa shape index (κ1) is 14.6. The molecule has 0 aliphatic rings. The molecule has 2 N–H and O–H groups in total. The molecule has 0 bridgehead atoms. The minimum atomic E-state index is 0.621. The summed E-state index contributed by atoms with van der Waals surface area (Å²) in [7, 11) is 1.64. The van der Waals surface area contributed by atoms with Gasteiger partial charge in [-0.1, -0.05) is 6.92 Å². The van der Waals surface area contributed by atoms with Crippen LogP contribution < -0.4 is 15.4 Å². The molecule has 0 unspecified atom stereocenters. The number of benzene rings is 1. The molecule has 5 nitrogen and oxygen atoms in total. The minimum Gasteiger partial charge on any atom is -0.497 e. The quantitative estimate of drug-likeness (QED) is 0.839. The third-order valence-corrected chi connectivity index (χ3v) is 3.32. The van der Waals surface area contributed by atoms with Crippen LogP contribution in [0.15, 0.2) is 34.9 Å². The molecule has 0 radical (unpaired) electrons. The van der Waals surface area contributed by atoms with Crippen molar-refractivity contribution in [1.82, 2.24) is 9.97 Å². The standard InChI is InChI=1S/C14H17BrN4O/c1-3-7-16-14-17-8-6-13(19-14)18-12-9-10(20-2)4-5-11(12)15/h4-6,8-9H,3,7H2,1-2H3,(H2,16,17,18,19). The van der Waals surface area contributed by atoms with Gasteiger partial charge in [-0.25, -0.2) is 4.98 Å². The van der Waals surface area contributed by atoms with Gasteiger partial charge in [-0.15, -0.1) is 0 Å². The highest BCUT2D eigenvalue weighted by molar-refractivity contribution is 9.10. The fourth-order valence-electron chi connectivity index (χ4n) is 1.62. The number of rotatable bonds is 6. The Kier molecular flexibility index (Phi) is 5.17. The van der Waals surface area contributed by atoms with E-state index in [4.69, 9.17) is 4.74 Å². The molecule has 1 heterocycles. The number of ether oxygens (including phenoxy) is 1. The predicted octanol–water partition coefficient (Wildman–Crippen LogP) is 3.81. The number of hydrogen-bond acceptors (Lipinski definition) is 5. The van der Waals surface area contributed by atoms with Crippen molar-refractivity contribution >= 4 is 33.4 Å². The van der Waals surface area contributed by atoms with Crippen LogP contribution in [-0.2, 0) is 0 Å². The number of halogens is 1. The van der Waals surface area contributed by atoms with Crippen molar-refractivity contribution in [1.29, 1.82) is 0 Å². The lowest BCUT2D eigenvalue weighted by atomic mass is 10.3. The lowest BCUT2D eigenvalue weighted by Crippen LogP contribution is -2.05. The van der Waals surface area contributed by atoms with Crippen molar-refractivity contribution < 1.29 is 4.74 Å². The van der Waals surface area contributed by atoms with E-state index in [9.17, 15) is 0 Å². The molecule has 0 aliphatic heterocycles. The first-order chi connectivity index (χ1) is 9.72. The zero-order valence-corrected chi connectivity index (χ0v) is 13.1. The highest BCUT2D eigenvalue weighted by Crippen LogP contribution is 2.29. The first-order valence-corrected chi connectivity index (χ1v) is 7.19. The van der Waals surface area contributed by atoms with Gasteiger partial charge in [0.2, 0.25) is 5.95 Å². The van der Waals surface area contributed by atoms with Gasteiger partial charge in [0.25, 0.3) is 0 Å². The van der Waals surface area contributed by atoms with Crippen LogP contribution >= 0.6 is 15.9 Å². The van der Waals surface area contributed by atoms with Crippen LogP contribution in [0.3, 0.4) is 0 Å². The Bertz CT molecular complexity index is 577. The molecule has 0 spiro atoms. The van der Waals surface area contributed by atoms with Crippen LogP contribution in [0.2, 0.25) is 0 Å². The molecular formula is C14H17BrN4O. The number of nitrogens with one attached hydrogen (secondary N) is 2. The smallest absolute Gasteiger partial charge is 0.224 e. The second-order valence-corrected chi connectivity index (χ2v) is 5.02. The largest absolute Gasteiger partial charge is 0.497 e. The summed E-state index contributed by atoms with van der Waals surface area (Å²) in [6.45, 7) is 2.95. The van der Waals surface area contributed by atoms with E-state index in [0.29, 0.717) is 5.95 Å². The van der Waals surface area contributed by atoms with Gasteiger partial charge in [0.1, 0.15) is 11.6 Å². The summed E-state index contributed by atoms with van der Waals surface area (Å²) in [5.74, 6) is 2.14. The van der Waals surface area contributed by atoms with E-state index in [-0.39, 0.29) is 0 Å². The summed E-state index contributed by atoms with van der Waals surface area (Å²) in [6, 6.07) is 7.55. The zero-order valence-electron chi connectivity index (χ0n) is 11.5. The molecule has 6 heteroatoms. The Labute approximate surface area is 126 Å². The van der Waals surface area contributed by atoms with Gasteiger partial charge in [-0.3, -0.25) is 0 Å². The third kappa shape index (κ3) is 3.84. The summed E-state index contributed by atoms with van der Waals surface area (Å²) < 4.78 is 6.16. The minimum absolute atomic E-state index is 0.621. The summed E-state index contributed by atoms with van der Waals surface area (Å²) >= 11 is 3.50. The average Bonchev–Trinajstić information content (AvgIpc) is 2.48. The summed E-state index contributed by atoms with van der Waals surface area (Å²) in [6.07, 6.45) is 2.75. The molecule has 0 fully saturated rings. The molecule has 106 valence electrons. The normalized spacial score (nSPS) is 10.2. The van der Waals surface area contributed by atoms with Crippen molar-refractivity contribution in [3.8, 4) is 5.75 Å². The van der Waals surface area contributed by atoms with Crippen molar-refractivity contribution in [3.05, 3.63) is 34.9 Å². The van der Waals surface area contributed by atoms with Gasteiger partial charge in [-0.2, -0.15) is 4.98 Å². The molecule has 2 aromatic rings. The van der Waals surface area contributed by atoms with Gasteiger partial charge in [0.15, 0.2) is 0 Å². The maximum atomic E-state index is 5.22. The third-order valence-electron chi connectivity index (χ3n) is 2.62. The topological polar surface area (TPSA) is 59.1 Å². The van der Waals surface area contributed by atoms with E-state index in [1.807, 2.05) is 24.3 Å². The second-order valence-electron chi connectivity index (χ2n) is 4.16. The van der Waals surface area contributed by atoms with E-state index in [0.717, 1.165) is 34.7 Å². The monoisotopic (exact) mass is 336 g/mol. The number of nitrogens with zero attached hydrogens (tertiary/aromatic N) is 2. The highest BCUT2D eigenvalue weighted by Gasteiger charge is 2.04. The fraction of sp³-hybridized carbons (Fsp3) is 0.286. The van der Waals surface area contributed by atoms with Crippen molar-refractivity contribution in [2.24, 2.45) is 0 Å². The molecule has 1 aromatic heterocycles. The number of methoxy groups -OCH3 is 1. The predicted molar refractivity (Wildman–Crippen MR) is 84.8 cm³/mol. The lowest BCUT2D eigenvalue weighted by molar-refractivity contribution is 0.415. The zero-order chi connectivity index (χ0) is 14.4. The van der Waals surface area contributed by atoms with Gasteiger partial charge in [0.05, 0.1) is 12.8 Å². The van der Waals surface area contributed by atoms with Crippen molar-refractivity contribution in [2.45, 2.75) is 13.3 Å².